The molecule has 118 valence electrons. The summed E-state index contributed by atoms with van der Waals surface area (Å²) < 4.78 is 5.10. The number of hydrogen-bond acceptors (Lipinski definition) is 4. The van der Waals surface area contributed by atoms with Gasteiger partial charge in [-0.25, -0.2) is 9.98 Å². The minimum Gasteiger partial charge on any atom is -0.495 e. The lowest BCUT2D eigenvalue weighted by Gasteiger charge is -2.08. The molecule has 22 heavy (non-hydrogen) atoms. The van der Waals surface area contributed by atoms with E-state index in [9.17, 15) is 0 Å². The number of nitrogens with two attached hydrogens (primary N) is 1. The van der Waals surface area contributed by atoms with Crippen LogP contribution in [0.15, 0.2) is 28.6 Å². The van der Waals surface area contributed by atoms with Crippen LogP contribution in [0.3, 0.4) is 0 Å². The van der Waals surface area contributed by atoms with Crippen molar-refractivity contribution < 1.29 is 4.74 Å². The quantitative estimate of drug-likeness (QED) is 0.641. The Bertz CT molecular complexity index is 669. The summed E-state index contributed by atoms with van der Waals surface area (Å²) in [6.07, 6.45) is 0. The molecule has 0 atom stereocenters. The fourth-order valence-electron chi connectivity index (χ4n) is 1.75. The van der Waals surface area contributed by atoms with E-state index in [0.717, 1.165) is 16.4 Å². The first-order valence-corrected chi connectivity index (χ1v) is 8.10. The monoisotopic (exact) mass is 338 g/mol. The van der Waals surface area contributed by atoms with Crippen LogP contribution in [0.2, 0.25) is 5.02 Å². The van der Waals surface area contributed by atoms with Crippen LogP contribution in [0.25, 0.3) is 0 Å². The average Bonchev–Trinajstić information content (AvgIpc) is 2.94. The van der Waals surface area contributed by atoms with Crippen molar-refractivity contribution in [3.05, 3.63) is 39.3 Å². The highest BCUT2D eigenvalue weighted by atomic mass is 35.5. The summed E-state index contributed by atoms with van der Waals surface area (Å²) in [6, 6.07) is 5.34. The maximum absolute atomic E-state index is 6.06. The molecule has 0 aliphatic rings. The van der Waals surface area contributed by atoms with E-state index in [1.165, 1.54) is 0 Å². The SMILES string of the molecule is COc1ccc(NC(N)=NCc2nc(C(C)C)cs2)cc1Cl. The second-order valence-corrected chi connectivity index (χ2v) is 6.35. The zero-order valence-electron chi connectivity index (χ0n) is 12.8. The normalized spacial score (nSPS) is 11.8. The smallest absolute Gasteiger partial charge is 0.193 e. The molecule has 0 spiro atoms. The van der Waals surface area contributed by atoms with E-state index in [1.807, 2.05) is 6.07 Å². The number of hydrogen-bond donors (Lipinski definition) is 2. The molecule has 0 aliphatic heterocycles. The molecule has 1 aromatic carbocycles. The molecule has 2 aromatic rings. The summed E-state index contributed by atoms with van der Waals surface area (Å²) in [5.41, 5.74) is 7.73. The first kappa shape index (κ1) is 16.6. The number of methoxy groups -OCH3 is 1. The van der Waals surface area contributed by atoms with Crippen molar-refractivity contribution in [1.82, 2.24) is 4.98 Å². The summed E-state index contributed by atoms with van der Waals surface area (Å²) in [5, 5.41) is 6.52. The molecule has 0 aliphatic carbocycles. The highest BCUT2D eigenvalue weighted by Crippen LogP contribution is 2.27. The number of anilines is 1. The third-order valence-corrected chi connectivity index (χ3v) is 4.12. The van der Waals surface area contributed by atoms with Crippen LogP contribution in [0.5, 0.6) is 5.75 Å². The topological polar surface area (TPSA) is 72.5 Å². The van der Waals surface area contributed by atoms with Gasteiger partial charge in [0.15, 0.2) is 5.96 Å². The minimum atomic E-state index is 0.322. The van der Waals surface area contributed by atoms with Crippen molar-refractivity contribution in [3.8, 4) is 5.75 Å². The van der Waals surface area contributed by atoms with Gasteiger partial charge >= 0.3 is 0 Å². The molecule has 0 saturated heterocycles. The second-order valence-electron chi connectivity index (χ2n) is 5.00. The highest BCUT2D eigenvalue weighted by Gasteiger charge is 2.06. The summed E-state index contributed by atoms with van der Waals surface area (Å²) in [4.78, 5) is 8.81. The molecular weight excluding hydrogens is 320 g/mol. The highest BCUT2D eigenvalue weighted by molar-refractivity contribution is 7.09. The van der Waals surface area contributed by atoms with Crippen LogP contribution in [-0.4, -0.2) is 18.1 Å². The maximum atomic E-state index is 6.06. The lowest BCUT2D eigenvalue weighted by molar-refractivity contribution is 0.415. The van der Waals surface area contributed by atoms with Gasteiger partial charge in [0.1, 0.15) is 10.8 Å². The minimum absolute atomic E-state index is 0.322. The molecule has 2 rings (SSSR count). The number of thiazole rings is 1. The molecule has 0 unspecified atom stereocenters. The molecule has 0 bridgehead atoms. The van der Waals surface area contributed by atoms with E-state index < -0.39 is 0 Å². The first-order chi connectivity index (χ1) is 10.5. The first-order valence-electron chi connectivity index (χ1n) is 6.84. The van der Waals surface area contributed by atoms with Gasteiger partial charge < -0.3 is 15.8 Å². The van der Waals surface area contributed by atoms with Gasteiger partial charge in [0.05, 0.1) is 24.4 Å². The molecule has 0 saturated carbocycles. The second kappa shape index (κ2) is 7.47. The number of ether oxygens (including phenoxy) is 1. The van der Waals surface area contributed by atoms with Gasteiger partial charge in [-0.3, -0.25) is 0 Å². The van der Waals surface area contributed by atoms with E-state index in [0.29, 0.717) is 29.2 Å². The van der Waals surface area contributed by atoms with Crippen LogP contribution in [-0.2, 0) is 6.54 Å². The Kier molecular flexibility index (Phi) is 5.63. The Morgan fingerprint density at radius 2 is 2.27 bits per heavy atom. The number of guanidine groups is 1. The van der Waals surface area contributed by atoms with Crippen LogP contribution < -0.4 is 15.8 Å². The molecule has 0 amide bonds. The molecule has 1 heterocycles. The van der Waals surface area contributed by atoms with Crippen LogP contribution in [0.4, 0.5) is 5.69 Å². The Morgan fingerprint density at radius 1 is 1.50 bits per heavy atom. The zero-order chi connectivity index (χ0) is 16.1. The lowest BCUT2D eigenvalue weighted by atomic mass is 10.2. The van der Waals surface area contributed by atoms with Gasteiger partial charge in [0.25, 0.3) is 0 Å². The standard InChI is InChI=1S/C15H19ClN4OS/c1-9(2)12-8-22-14(20-12)7-18-15(17)19-10-4-5-13(21-3)11(16)6-10/h4-6,8-9H,7H2,1-3H3,(H3,17,18,19). The summed E-state index contributed by atoms with van der Waals surface area (Å²) in [7, 11) is 1.57. The third kappa shape index (κ3) is 4.35. The number of benzene rings is 1. The van der Waals surface area contributed by atoms with Crippen molar-refractivity contribution in [3.63, 3.8) is 0 Å². The number of nitrogens with one attached hydrogen (secondary N) is 1. The van der Waals surface area contributed by atoms with Crippen molar-refractivity contribution in [2.24, 2.45) is 10.7 Å². The average molecular weight is 339 g/mol. The van der Waals surface area contributed by atoms with Crippen molar-refractivity contribution in [1.29, 1.82) is 0 Å². The van der Waals surface area contributed by atoms with Crippen LogP contribution in [0.1, 0.15) is 30.5 Å². The molecule has 1 aromatic heterocycles. The van der Waals surface area contributed by atoms with Crippen molar-refractivity contribution in [2.45, 2.75) is 26.3 Å². The number of halogens is 1. The van der Waals surface area contributed by atoms with E-state index in [2.05, 4.69) is 34.5 Å². The lowest BCUT2D eigenvalue weighted by Crippen LogP contribution is -2.22. The van der Waals surface area contributed by atoms with Gasteiger partial charge in [-0.2, -0.15) is 0 Å². The fourth-order valence-corrected chi connectivity index (χ4v) is 2.88. The van der Waals surface area contributed by atoms with Crippen LogP contribution >= 0.6 is 22.9 Å². The number of aliphatic imine (C=N–C) groups is 1. The molecular formula is C15H19ClN4OS. The number of nitrogens with zero attached hydrogens (tertiary/aromatic N) is 2. The Morgan fingerprint density at radius 3 is 2.86 bits per heavy atom. The molecule has 0 radical (unpaired) electrons. The summed E-state index contributed by atoms with van der Waals surface area (Å²) in [5.74, 6) is 1.36. The van der Waals surface area contributed by atoms with Crippen LogP contribution in [0, 0.1) is 0 Å². The summed E-state index contributed by atoms with van der Waals surface area (Å²) >= 11 is 7.66. The number of aromatic nitrogens is 1. The Balaban J connectivity index is 1.98. The molecule has 0 fully saturated rings. The molecule has 3 N–H and O–H groups in total. The van der Waals surface area contributed by atoms with Crippen molar-refractivity contribution in [2.75, 3.05) is 12.4 Å². The Hall–Kier alpha value is -1.79. The van der Waals surface area contributed by atoms with E-state index in [1.54, 1.807) is 30.6 Å². The van der Waals surface area contributed by atoms with Gasteiger partial charge in [-0.15, -0.1) is 11.3 Å². The zero-order valence-corrected chi connectivity index (χ0v) is 14.3. The van der Waals surface area contributed by atoms with Crippen molar-refractivity contribution >= 4 is 34.6 Å². The van der Waals surface area contributed by atoms with E-state index >= 15 is 0 Å². The predicted molar refractivity (Wildman–Crippen MR) is 93.2 cm³/mol. The molecule has 5 nitrogen and oxygen atoms in total. The third-order valence-electron chi connectivity index (χ3n) is 2.97. The fraction of sp³-hybridized carbons (Fsp3) is 0.333. The predicted octanol–water partition coefficient (Wildman–Crippen LogP) is 3.86. The van der Waals surface area contributed by atoms with Gasteiger partial charge in [0.2, 0.25) is 0 Å². The Labute approximate surface area is 139 Å². The van der Waals surface area contributed by atoms with Gasteiger partial charge in [0, 0.05) is 11.1 Å². The summed E-state index contributed by atoms with van der Waals surface area (Å²) in [6.45, 7) is 4.69. The van der Waals surface area contributed by atoms with Gasteiger partial charge in [-0.1, -0.05) is 25.4 Å². The largest absolute Gasteiger partial charge is 0.495 e. The van der Waals surface area contributed by atoms with Gasteiger partial charge in [-0.05, 0) is 24.1 Å². The van der Waals surface area contributed by atoms with E-state index in [4.69, 9.17) is 22.1 Å². The van der Waals surface area contributed by atoms with E-state index in [-0.39, 0.29) is 0 Å². The maximum Gasteiger partial charge on any atom is 0.193 e. The molecule has 7 heteroatoms. The number of rotatable bonds is 5.